The predicted octanol–water partition coefficient (Wildman–Crippen LogP) is 9.30. The standard InChI is InChI=1S/C29H35NS/c1-8-28(4,5)21-12-16-24-26(18-21)31-27-19-22(29(6,7)9-2)13-17-25(27)30(24)23-14-10-20(3)11-15-23/h10-19H,8-9H2,1-7H3. The highest BCUT2D eigenvalue weighted by Gasteiger charge is 2.29. The molecule has 0 saturated carbocycles. The van der Waals surface area contributed by atoms with Gasteiger partial charge in [-0.3, -0.25) is 0 Å². The fourth-order valence-corrected chi connectivity index (χ4v) is 5.17. The van der Waals surface area contributed by atoms with E-state index in [1.54, 1.807) is 0 Å². The Morgan fingerprint density at radius 2 is 1.13 bits per heavy atom. The van der Waals surface area contributed by atoms with Gasteiger partial charge in [-0.05, 0) is 78.1 Å². The first kappa shape index (κ1) is 22.0. The molecule has 1 heterocycles. The Morgan fingerprint density at radius 1 is 0.677 bits per heavy atom. The predicted molar refractivity (Wildman–Crippen MR) is 137 cm³/mol. The maximum absolute atomic E-state index is 2.44. The second-order valence-corrected chi connectivity index (χ2v) is 11.2. The van der Waals surface area contributed by atoms with Gasteiger partial charge < -0.3 is 4.90 Å². The van der Waals surface area contributed by atoms with Crippen LogP contribution >= 0.6 is 11.8 Å². The first-order valence-corrected chi connectivity index (χ1v) is 12.3. The van der Waals surface area contributed by atoms with Gasteiger partial charge in [0, 0.05) is 15.5 Å². The smallest absolute Gasteiger partial charge is 0.0601 e. The van der Waals surface area contributed by atoms with Gasteiger partial charge in [0.2, 0.25) is 0 Å². The van der Waals surface area contributed by atoms with E-state index in [2.05, 4.69) is 114 Å². The van der Waals surface area contributed by atoms with E-state index in [0.29, 0.717) is 0 Å². The van der Waals surface area contributed by atoms with Crippen LogP contribution in [0.4, 0.5) is 17.1 Å². The molecule has 1 aliphatic heterocycles. The molecule has 0 unspecified atom stereocenters. The van der Waals surface area contributed by atoms with Crippen LogP contribution in [0.2, 0.25) is 0 Å². The minimum absolute atomic E-state index is 0.177. The number of nitrogens with zero attached hydrogens (tertiary/aromatic N) is 1. The molecule has 0 fully saturated rings. The molecule has 31 heavy (non-hydrogen) atoms. The average molecular weight is 430 g/mol. The van der Waals surface area contributed by atoms with Crippen molar-refractivity contribution in [2.24, 2.45) is 0 Å². The second kappa shape index (κ2) is 8.06. The van der Waals surface area contributed by atoms with Crippen molar-refractivity contribution >= 4 is 28.8 Å². The first-order valence-electron chi connectivity index (χ1n) is 11.5. The molecule has 162 valence electrons. The van der Waals surface area contributed by atoms with Gasteiger partial charge >= 0.3 is 0 Å². The molecule has 0 aliphatic carbocycles. The molecule has 1 nitrogen and oxygen atoms in total. The summed E-state index contributed by atoms with van der Waals surface area (Å²) in [5.74, 6) is 0. The van der Waals surface area contributed by atoms with E-state index in [1.165, 1.54) is 43.5 Å². The number of fused-ring (bicyclic) bond motifs is 2. The molecule has 0 atom stereocenters. The summed E-state index contributed by atoms with van der Waals surface area (Å²) in [6, 6.07) is 23.0. The molecular weight excluding hydrogens is 394 g/mol. The summed E-state index contributed by atoms with van der Waals surface area (Å²) < 4.78 is 0. The lowest BCUT2D eigenvalue weighted by molar-refractivity contribution is 0.505. The van der Waals surface area contributed by atoms with E-state index in [9.17, 15) is 0 Å². The van der Waals surface area contributed by atoms with Gasteiger partial charge in [-0.1, -0.05) is 83.1 Å². The lowest BCUT2D eigenvalue weighted by atomic mass is 9.82. The normalized spacial score (nSPS) is 13.7. The van der Waals surface area contributed by atoms with E-state index in [4.69, 9.17) is 0 Å². The van der Waals surface area contributed by atoms with Gasteiger partial charge in [-0.2, -0.15) is 0 Å². The molecule has 0 aromatic heterocycles. The van der Waals surface area contributed by atoms with Crippen LogP contribution in [0.25, 0.3) is 0 Å². The van der Waals surface area contributed by atoms with Crippen molar-refractivity contribution in [1.82, 2.24) is 0 Å². The zero-order chi connectivity index (χ0) is 22.4. The highest BCUT2D eigenvalue weighted by atomic mass is 32.2. The van der Waals surface area contributed by atoms with Crippen LogP contribution in [0.3, 0.4) is 0 Å². The zero-order valence-corrected chi connectivity index (χ0v) is 20.9. The molecule has 0 N–H and O–H groups in total. The third-order valence-corrected chi connectivity index (χ3v) is 8.34. The summed E-state index contributed by atoms with van der Waals surface area (Å²) in [4.78, 5) is 5.13. The van der Waals surface area contributed by atoms with Gasteiger partial charge in [0.1, 0.15) is 0 Å². The number of anilines is 3. The third-order valence-electron chi connectivity index (χ3n) is 7.24. The van der Waals surface area contributed by atoms with Crippen molar-refractivity contribution in [1.29, 1.82) is 0 Å². The molecule has 0 spiro atoms. The van der Waals surface area contributed by atoms with Gasteiger partial charge in [0.25, 0.3) is 0 Å². The highest BCUT2D eigenvalue weighted by Crippen LogP contribution is 2.53. The Balaban J connectivity index is 1.90. The van der Waals surface area contributed by atoms with Crippen LogP contribution in [-0.2, 0) is 10.8 Å². The Hall–Kier alpha value is -2.19. The van der Waals surface area contributed by atoms with Crippen molar-refractivity contribution in [3.63, 3.8) is 0 Å². The second-order valence-electron chi connectivity index (χ2n) is 10.1. The molecular formula is C29H35NS. The molecule has 4 rings (SSSR count). The number of hydrogen-bond acceptors (Lipinski definition) is 2. The lowest BCUT2D eigenvalue weighted by Crippen LogP contribution is -2.20. The minimum atomic E-state index is 0.177. The van der Waals surface area contributed by atoms with Gasteiger partial charge in [-0.15, -0.1) is 0 Å². The summed E-state index contributed by atoms with van der Waals surface area (Å²) in [5.41, 5.74) is 8.25. The first-order chi connectivity index (χ1) is 14.7. The summed E-state index contributed by atoms with van der Waals surface area (Å²) in [5, 5.41) is 0. The fourth-order valence-electron chi connectivity index (χ4n) is 4.03. The maximum Gasteiger partial charge on any atom is 0.0601 e. The number of aryl methyl sites for hydroxylation is 1. The molecule has 1 aliphatic rings. The molecule has 3 aromatic rings. The summed E-state index contributed by atoms with van der Waals surface area (Å²) in [6.45, 7) is 16.1. The van der Waals surface area contributed by atoms with Crippen LogP contribution in [0, 0.1) is 6.92 Å². The largest absolute Gasteiger partial charge is 0.308 e. The Morgan fingerprint density at radius 3 is 1.55 bits per heavy atom. The van der Waals surface area contributed by atoms with E-state index < -0.39 is 0 Å². The monoisotopic (exact) mass is 429 g/mol. The summed E-state index contributed by atoms with van der Waals surface area (Å²) >= 11 is 1.92. The van der Waals surface area contributed by atoms with Crippen molar-refractivity contribution < 1.29 is 0 Å². The topological polar surface area (TPSA) is 3.24 Å². The number of hydrogen-bond donors (Lipinski definition) is 0. The SMILES string of the molecule is CCC(C)(C)c1ccc2c(c1)Sc1cc(C(C)(C)CC)ccc1N2c1ccc(C)cc1. The molecule has 0 saturated heterocycles. The summed E-state index contributed by atoms with van der Waals surface area (Å²) in [6.07, 6.45) is 2.26. The molecule has 2 heteroatoms. The van der Waals surface area contributed by atoms with Crippen molar-refractivity contribution in [3.8, 4) is 0 Å². The molecule has 0 amide bonds. The Labute approximate surface area is 192 Å². The van der Waals surface area contributed by atoms with E-state index in [-0.39, 0.29) is 10.8 Å². The van der Waals surface area contributed by atoms with E-state index >= 15 is 0 Å². The Bertz CT molecular complexity index is 1030. The van der Waals surface area contributed by atoms with Crippen molar-refractivity contribution in [2.45, 2.75) is 81.9 Å². The summed E-state index contributed by atoms with van der Waals surface area (Å²) in [7, 11) is 0. The Kier molecular flexibility index (Phi) is 5.72. The van der Waals surface area contributed by atoms with Gasteiger partial charge in [0.15, 0.2) is 0 Å². The van der Waals surface area contributed by atoms with Crippen LogP contribution in [0.15, 0.2) is 70.5 Å². The van der Waals surface area contributed by atoms with E-state index in [0.717, 1.165) is 12.8 Å². The zero-order valence-electron chi connectivity index (χ0n) is 20.0. The van der Waals surface area contributed by atoms with Crippen LogP contribution in [0.5, 0.6) is 0 Å². The van der Waals surface area contributed by atoms with Crippen LogP contribution < -0.4 is 4.90 Å². The van der Waals surface area contributed by atoms with Crippen molar-refractivity contribution in [2.75, 3.05) is 4.90 Å². The number of rotatable bonds is 5. The minimum Gasteiger partial charge on any atom is -0.308 e. The van der Waals surface area contributed by atoms with Crippen LogP contribution in [-0.4, -0.2) is 0 Å². The quantitative estimate of drug-likeness (QED) is 0.311. The molecule has 0 bridgehead atoms. The van der Waals surface area contributed by atoms with Crippen LogP contribution in [0.1, 0.15) is 71.1 Å². The van der Waals surface area contributed by atoms with Gasteiger partial charge in [-0.25, -0.2) is 0 Å². The van der Waals surface area contributed by atoms with Gasteiger partial charge in [0.05, 0.1) is 11.4 Å². The lowest BCUT2D eigenvalue weighted by Gasteiger charge is -2.35. The maximum atomic E-state index is 2.44. The average Bonchev–Trinajstić information content (AvgIpc) is 2.77. The number of benzene rings is 3. The highest BCUT2D eigenvalue weighted by molar-refractivity contribution is 7.99. The molecule has 3 aromatic carbocycles. The van der Waals surface area contributed by atoms with Crippen molar-refractivity contribution in [3.05, 3.63) is 77.4 Å². The molecule has 0 radical (unpaired) electrons. The van der Waals surface area contributed by atoms with E-state index in [1.807, 2.05) is 11.8 Å². The fraction of sp³-hybridized carbons (Fsp3) is 0.379. The third kappa shape index (κ3) is 4.03.